The Morgan fingerprint density at radius 3 is 2.54 bits per heavy atom. The highest BCUT2D eigenvalue weighted by Gasteiger charge is 2.09. The SMILES string of the molecule is COc1ccc(-c2ccc(C[NH2+]Cc3ccc(F)cc3)o2)cc1Cl. The highest BCUT2D eigenvalue weighted by molar-refractivity contribution is 6.32. The first-order chi connectivity index (χ1) is 11.7. The molecule has 0 saturated heterocycles. The number of quaternary nitrogens is 1. The Hall–Kier alpha value is -2.30. The molecule has 0 spiro atoms. The predicted molar refractivity (Wildman–Crippen MR) is 91.4 cm³/mol. The maximum atomic E-state index is 12.9. The topological polar surface area (TPSA) is 39.0 Å². The molecule has 3 aromatic rings. The van der Waals surface area contributed by atoms with Crippen molar-refractivity contribution in [2.75, 3.05) is 7.11 Å². The Bertz CT molecular complexity index is 814. The summed E-state index contributed by atoms with van der Waals surface area (Å²) in [5, 5.41) is 2.66. The van der Waals surface area contributed by atoms with E-state index in [2.05, 4.69) is 5.32 Å². The Labute approximate surface area is 145 Å². The predicted octanol–water partition coefficient (Wildman–Crippen LogP) is 4.01. The zero-order valence-electron chi connectivity index (χ0n) is 13.3. The van der Waals surface area contributed by atoms with Crippen LogP contribution < -0.4 is 10.1 Å². The van der Waals surface area contributed by atoms with Crippen molar-refractivity contribution in [2.24, 2.45) is 0 Å². The molecule has 0 aliphatic rings. The summed E-state index contributed by atoms with van der Waals surface area (Å²) in [7, 11) is 1.59. The first-order valence-electron chi connectivity index (χ1n) is 7.64. The maximum absolute atomic E-state index is 12.9. The Balaban J connectivity index is 1.61. The molecule has 24 heavy (non-hydrogen) atoms. The second-order valence-corrected chi connectivity index (χ2v) is 5.85. The van der Waals surface area contributed by atoms with Gasteiger partial charge in [-0.25, -0.2) is 4.39 Å². The average molecular weight is 347 g/mol. The molecule has 3 nitrogen and oxygen atoms in total. The molecule has 1 aromatic heterocycles. The second kappa shape index (κ2) is 7.51. The van der Waals surface area contributed by atoms with Crippen molar-refractivity contribution in [2.45, 2.75) is 13.1 Å². The minimum Gasteiger partial charge on any atom is -0.495 e. The van der Waals surface area contributed by atoms with Crippen LogP contribution in [0.25, 0.3) is 11.3 Å². The summed E-state index contributed by atoms with van der Waals surface area (Å²) in [6, 6.07) is 16.0. The van der Waals surface area contributed by atoms with Crippen molar-refractivity contribution in [1.82, 2.24) is 0 Å². The molecule has 0 bridgehead atoms. The fourth-order valence-corrected chi connectivity index (χ4v) is 2.72. The third-order valence-electron chi connectivity index (χ3n) is 3.74. The number of hydrogen-bond donors (Lipinski definition) is 1. The summed E-state index contributed by atoms with van der Waals surface area (Å²) in [6.45, 7) is 1.48. The second-order valence-electron chi connectivity index (χ2n) is 5.44. The molecule has 0 unspecified atom stereocenters. The van der Waals surface area contributed by atoms with E-state index < -0.39 is 0 Å². The minimum atomic E-state index is -0.215. The van der Waals surface area contributed by atoms with Gasteiger partial charge >= 0.3 is 0 Å². The molecule has 0 atom stereocenters. The van der Waals surface area contributed by atoms with Crippen LogP contribution in [0.5, 0.6) is 5.75 Å². The molecule has 0 fully saturated rings. The van der Waals surface area contributed by atoms with Gasteiger partial charge in [-0.2, -0.15) is 0 Å². The fourth-order valence-electron chi connectivity index (χ4n) is 2.46. The summed E-state index contributed by atoms with van der Waals surface area (Å²) in [5.41, 5.74) is 1.98. The molecule has 3 rings (SSSR count). The van der Waals surface area contributed by atoms with Crippen LogP contribution in [0, 0.1) is 5.82 Å². The van der Waals surface area contributed by atoms with Gasteiger partial charge in [-0.1, -0.05) is 23.7 Å². The quantitative estimate of drug-likeness (QED) is 0.732. The lowest BCUT2D eigenvalue weighted by Gasteiger charge is -2.04. The van der Waals surface area contributed by atoms with E-state index in [9.17, 15) is 4.39 Å². The van der Waals surface area contributed by atoms with E-state index in [1.807, 2.05) is 30.3 Å². The van der Waals surface area contributed by atoms with E-state index >= 15 is 0 Å². The first-order valence-corrected chi connectivity index (χ1v) is 8.02. The van der Waals surface area contributed by atoms with E-state index in [1.165, 1.54) is 12.1 Å². The largest absolute Gasteiger partial charge is 0.495 e. The number of methoxy groups -OCH3 is 1. The molecule has 2 N–H and O–H groups in total. The molecule has 0 radical (unpaired) electrons. The molecule has 0 aliphatic carbocycles. The lowest BCUT2D eigenvalue weighted by molar-refractivity contribution is -0.687. The Morgan fingerprint density at radius 1 is 1.04 bits per heavy atom. The number of rotatable bonds is 6. The number of ether oxygens (including phenoxy) is 1. The van der Waals surface area contributed by atoms with Crippen molar-refractivity contribution >= 4 is 11.6 Å². The van der Waals surface area contributed by atoms with Crippen LogP contribution in [-0.2, 0) is 13.1 Å². The standard InChI is InChI=1S/C19H17ClFNO2/c1-23-19-8-4-14(10-17(19)20)18-9-7-16(24-18)12-22-11-13-2-5-15(21)6-3-13/h2-10,22H,11-12H2,1H3/p+1. The van der Waals surface area contributed by atoms with Crippen LogP contribution in [0.2, 0.25) is 5.02 Å². The van der Waals surface area contributed by atoms with Gasteiger partial charge in [0, 0.05) is 11.1 Å². The third kappa shape index (κ3) is 3.96. The van der Waals surface area contributed by atoms with E-state index in [-0.39, 0.29) is 5.82 Å². The normalized spacial score (nSPS) is 10.8. The van der Waals surface area contributed by atoms with Gasteiger partial charge in [0.05, 0.1) is 12.1 Å². The van der Waals surface area contributed by atoms with Crippen LogP contribution >= 0.6 is 11.6 Å². The molecule has 1 heterocycles. The zero-order valence-corrected chi connectivity index (χ0v) is 14.0. The molecule has 0 aliphatic heterocycles. The summed E-state index contributed by atoms with van der Waals surface area (Å²) in [4.78, 5) is 0. The monoisotopic (exact) mass is 346 g/mol. The molecule has 0 saturated carbocycles. The van der Waals surface area contributed by atoms with Crippen LogP contribution in [0.3, 0.4) is 0 Å². The highest BCUT2D eigenvalue weighted by Crippen LogP contribution is 2.30. The number of hydrogen-bond acceptors (Lipinski definition) is 2. The fraction of sp³-hybridized carbons (Fsp3) is 0.158. The number of furan rings is 1. The Kier molecular flexibility index (Phi) is 5.18. The van der Waals surface area contributed by atoms with Crippen molar-refractivity contribution in [3.63, 3.8) is 0 Å². The molecule has 5 heteroatoms. The van der Waals surface area contributed by atoms with Gasteiger partial charge in [0.1, 0.15) is 30.4 Å². The average Bonchev–Trinajstić information content (AvgIpc) is 3.05. The third-order valence-corrected chi connectivity index (χ3v) is 4.03. The summed E-state index contributed by atoms with van der Waals surface area (Å²) >= 11 is 6.15. The van der Waals surface area contributed by atoms with Crippen LogP contribution in [0.4, 0.5) is 4.39 Å². The maximum Gasteiger partial charge on any atom is 0.158 e. The Morgan fingerprint density at radius 2 is 1.83 bits per heavy atom. The molecule has 124 valence electrons. The molecular formula is C19H18ClFNO2+. The van der Waals surface area contributed by atoms with E-state index in [4.69, 9.17) is 20.8 Å². The van der Waals surface area contributed by atoms with E-state index in [1.54, 1.807) is 19.2 Å². The lowest BCUT2D eigenvalue weighted by atomic mass is 10.2. The van der Waals surface area contributed by atoms with Crippen LogP contribution in [0.1, 0.15) is 11.3 Å². The van der Waals surface area contributed by atoms with Crippen molar-refractivity contribution in [3.05, 3.63) is 76.8 Å². The molecular weight excluding hydrogens is 329 g/mol. The highest BCUT2D eigenvalue weighted by atomic mass is 35.5. The molecule has 0 amide bonds. The zero-order chi connectivity index (χ0) is 16.9. The van der Waals surface area contributed by atoms with Gasteiger partial charge in [-0.3, -0.25) is 0 Å². The molecule has 2 aromatic carbocycles. The number of benzene rings is 2. The first kappa shape index (κ1) is 16.6. The van der Waals surface area contributed by atoms with Gasteiger partial charge in [-0.15, -0.1) is 0 Å². The van der Waals surface area contributed by atoms with Crippen LogP contribution in [0.15, 0.2) is 59.0 Å². The van der Waals surface area contributed by atoms with E-state index in [0.717, 1.165) is 29.2 Å². The van der Waals surface area contributed by atoms with Gasteiger partial charge in [0.15, 0.2) is 5.76 Å². The summed E-state index contributed by atoms with van der Waals surface area (Å²) in [5.74, 6) is 2.07. The summed E-state index contributed by atoms with van der Waals surface area (Å²) < 4.78 is 23.9. The van der Waals surface area contributed by atoms with Gasteiger partial charge in [-0.05, 0) is 42.5 Å². The lowest BCUT2D eigenvalue weighted by Crippen LogP contribution is -2.80. The van der Waals surface area contributed by atoms with Gasteiger partial charge in [0.2, 0.25) is 0 Å². The van der Waals surface area contributed by atoms with Crippen molar-refractivity contribution in [3.8, 4) is 17.1 Å². The van der Waals surface area contributed by atoms with Crippen LogP contribution in [-0.4, -0.2) is 7.11 Å². The van der Waals surface area contributed by atoms with Crippen molar-refractivity contribution in [1.29, 1.82) is 0 Å². The smallest absolute Gasteiger partial charge is 0.158 e. The van der Waals surface area contributed by atoms with Crippen molar-refractivity contribution < 1.29 is 18.9 Å². The number of nitrogens with two attached hydrogens (primary N) is 1. The minimum absolute atomic E-state index is 0.215. The van der Waals surface area contributed by atoms with E-state index in [0.29, 0.717) is 17.3 Å². The summed E-state index contributed by atoms with van der Waals surface area (Å²) in [6.07, 6.45) is 0. The van der Waals surface area contributed by atoms with Gasteiger partial charge in [0.25, 0.3) is 0 Å². The number of halogens is 2. The van der Waals surface area contributed by atoms with Gasteiger partial charge < -0.3 is 14.5 Å².